The minimum atomic E-state index is -0.938. The summed E-state index contributed by atoms with van der Waals surface area (Å²) >= 11 is 0. The van der Waals surface area contributed by atoms with Gasteiger partial charge in [-0.2, -0.15) is 0 Å². The fourth-order valence-corrected chi connectivity index (χ4v) is 2.18. The Morgan fingerprint density at radius 3 is 2.93 bits per heavy atom. The molecule has 0 aromatic heterocycles. The van der Waals surface area contributed by atoms with Crippen molar-refractivity contribution in [3.05, 3.63) is 29.3 Å². The molecule has 14 heavy (non-hydrogen) atoms. The third-order valence-electron chi connectivity index (χ3n) is 3.01. The number of fused-ring (bicyclic) bond motifs is 1. The normalized spacial score (nSPS) is 25.9. The summed E-state index contributed by atoms with van der Waals surface area (Å²) < 4.78 is 0. The highest BCUT2D eigenvalue weighted by atomic mass is 16.3. The predicted octanol–water partition coefficient (Wildman–Crippen LogP) is 0.875. The van der Waals surface area contributed by atoms with Crippen LogP contribution in [0.4, 0.5) is 0 Å². The summed E-state index contributed by atoms with van der Waals surface area (Å²) in [5.41, 5.74) is 6.28. The lowest BCUT2D eigenvalue weighted by Gasteiger charge is -2.33. The molecule has 3 nitrogen and oxygen atoms in total. The summed E-state index contributed by atoms with van der Waals surface area (Å²) in [5.74, 6) is 0.272. The topological polar surface area (TPSA) is 66.5 Å². The molecule has 0 aliphatic heterocycles. The molecule has 1 atom stereocenters. The van der Waals surface area contributed by atoms with Gasteiger partial charge in [0.1, 0.15) is 11.4 Å². The molecule has 0 heterocycles. The number of hydrogen-bond donors (Lipinski definition) is 3. The van der Waals surface area contributed by atoms with E-state index in [1.807, 2.05) is 6.07 Å². The highest BCUT2D eigenvalue weighted by Gasteiger charge is 2.33. The zero-order chi connectivity index (χ0) is 10.2. The van der Waals surface area contributed by atoms with Crippen molar-refractivity contribution in [1.29, 1.82) is 0 Å². The highest BCUT2D eigenvalue weighted by molar-refractivity contribution is 5.44. The lowest BCUT2D eigenvalue weighted by molar-refractivity contribution is 0.0275. The summed E-state index contributed by atoms with van der Waals surface area (Å²) in [6, 6.07) is 5.25. The first-order valence-electron chi connectivity index (χ1n) is 4.91. The summed E-state index contributed by atoms with van der Waals surface area (Å²) in [6.07, 6.45) is 2.38. The van der Waals surface area contributed by atoms with Crippen LogP contribution in [0.2, 0.25) is 0 Å². The van der Waals surface area contributed by atoms with E-state index in [2.05, 4.69) is 0 Å². The number of aromatic hydroxyl groups is 1. The van der Waals surface area contributed by atoms with Crippen LogP contribution in [0.5, 0.6) is 5.75 Å². The first-order valence-corrected chi connectivity index (χ1v) is 4.91. The first kappa shape index (κ1) is 9.49. The molecule has 3 heteroatoms. The average molecular weight is 193 g/mol. The van der Waals surface area contributed by atoms with Crippen LogP contribution in [0, 0.1) is 0 Å². The average Bonchev–Trinajstić information content (AvgIpc) is 2.20. The number of phenols is 1. The molecule has 4 N–H and O–H groups in total. The largest absolute Gasteiger partial charge is 0.508 e. The van der Waals surface area contributed by atoms with E-state index in [1.165, 1.54) is 0 Å². The molecule has 2 rings (SSSR count). The molecular formula is C11H15NO2. The Bertz CT molecular complexity index is 351. The van der Waals surface area contributed by atoms with Crippen LogP contribution in [0.25, 0.3) is 0 Å². The van der Waals surface area contributed by atoms with Gasteiger partial charge in [-0.05, 0) is 36.5 Å². The Morgan fingerprint density at radius 1 is 1.43 bits per heavy atom. The molecular weight excluding hydrogens is 178 g/mol. The minimum absolute atomic E-state index is 0.212. The molecule has 0 radical (unpaired) electrons. The van der Waals surface area contributed by atoms with Crippen LogP contribution < -0.4 is 5.73 Å². The van der Waals surface area contributed by atoms with Crippen molar-refractivity contribution >= 4 is 0 Å². The Hall–Kier alpha value is -1.06. The molecule has 1 aromatic carbocycles. The van der Waals surface area contributed by atoms with Gasteiger partial charge in [0.2, 0.25) is 0 Å². The summed E-state index contributed by atoms with van der Waals surface area (Å²) in [6.45, 7) is 0.212. The first-order chi connectivity index (χ1) is 6.67. The van der Waals surface area contributed by atoms with Crippen LogP contribution >= 0.6 is 0 Å². The fourth-order valence-electron chi connectivity index (χ4n) is 2.18. The Kier molecular flexibility index (Phi) is 2.21. The van der Waals surface area contributed by atoms with E-state index in [0.717, 1.165) is 24.0 Å². The van der Waals surface area contributed by atoms with E-state index < -0.39 is 5.60 Å². The lowest BCUT2D eigenvalue weighted by atomic mass is 9.79. The summed E-state index contributed by atoms with van der Waals surface area (Å²) in [4.78, 5) is 0. The van der Waals surface area contributed by atoms with Crippen molar-refractivity contribution in [2.24, 2.45) is 5.73 Å². The second-order valence-corrected chi connectivity index (χ2v) is 3.89. The van der Waals surface area contributed by atoms with Crippen molar-refractivity contribution < 1.29 is 10.2 Å². The molecule has 0 fully saturated rings. The predicted molar refractivity (Wildman–Crippen MR) is 54.0 cm³/mol. The SMILES string of the molecule is NCC1(O)CCCc2c(O)cccc21. The molecule has 1 aliphatic carbocycles. The second kappa shape index (κ2) is 3.26. The zero-order valence-corrected chi connectivity index (χ0v) is 8.03. The van der Waals surface area contributed by atoms with Crippen LogP contribution in [-0.4, -0.2) is 16.8 Å². The smallest absolute Gasteiger partial charge is 0.119 e. The maximum atomic E-state index is 10.2. The van der Waals surface area contributed by atoms with Crippen molar-refractivity contribution in [3.63, 3.8) is 0 Å². The number of hydrogen-bond acceptors (Lipinski definition) is 3. The standard InChI is InChI=1S/C11H15NO2/c12-7-11(14)6-2-3-8-9(11)4-1-5-10(8)13/h1,4-5,13-14H,2-3,6-7,12H2. The zero-order valence-electron chi connectivity index (χ0n) is 8.03. The van der Waals surface area contributed by atoms with E-state index >= 15 is 0 Å². The van der Waals surface area contributed by atoms with E-state index in [0.29, 0.717) is 6.42 Å². The monoisotopic (exact) mass is 193 g/mol. The molecule has 0 amide bonds. The number of benzene rings is 1. The number of aliphatic hydroxyl groups is 1. The van der Waals surface area contributed by atoms with Gasteiger partial charge in [-0.3, -0.25) is 0 Å². The molecule has 0 spiro atoms. The van der Waals surface area contributed by atoms with Gasteiger partial charge in [-0.25, -0.2) is 0 Å². The van der Waals surface area contributed by atoms with Crippen molar-refractivity contribution in [2.75, 3.05) is 6.54 Å². The van der Waals surface area contributed by atoms with Gasteiger partial charge < -0.3 is 15.9 Å². The minimum Gasteiger partial charge on any atom is -0.508 e. The maximum absolute atomic E-state index is 10.2. The van der Waals surface area contributed by atoms with Gasteiger partial charge in [0.15, 0.2) is 0 Å². The maximum Gasteiger partial charge on any atom is 0.119 e. The number of rotatable bonds is 1. The van der Waals surface area contributed by atoms with Gasteiger partial charge in [0, 0.05) is 6.54 Å². The van der Waals surface area contributed by atoms with Crippen LogP contribution in [0.3, 0.4) is 0 Å². The Morgan fingerprint density at radius 2 is 2.21 bits per heavy atom. The summed E-state index contributed by atoms with van der Waals surface area (Å²) in [7, 11) is 0. The van der Waals surface area contributed by atoms with Crippen molar-refractivity contribution in [2.45, 2.75) is 24.9 Å². The Balaban J connectivity index is 2.55. The molecule has 1 unspecified atom stereocenters. The van der Waals surface area contributed by atoms with E-state index in [9.17, 15) is 10.2 Å². The molecule has 76 valence electrons. The molecule has 0 saturated carbocycles. The van der Waals surface area contributed by atoms with Gasteiger partial charge in [0.05, 0.1) is 0 Å². The molecule has 1 aliphatic rings. The second-order valence-electron chi connectivity index (χ2n) is 3.89. The lowest BCUT2D eigenvalue weighted by Crippen LogP contribution is -2.38. The van der Waals surface area contributed by atoms with E-state index in [-0.39, 0.29) is 12.3 Å². The van der Waals surface area contributed by atoms with Gasteiger partial charge >= 0.3 is 0 Å². The van der Waals surface area contributed by atoms with Gasteiger partial charge in [0.25, 0.3) is 0 Å². The van der Waals surface area contributed by atoms with Crippen molar-refractivity contribution in [3.8, 4) is 5.75 Å². The third-order valence-corrected chi connectivity index (χ3v) is 3.01. The van der Waals surface area contributed by atoms with Crippen LogP contribution in [0.15, 0.2) is 18.2 Å². The fraction of sp³-hybridized carbons (Fsp3) is 0.455. The summed E-state index contributed by atoms with van der Waals surface area (Å²) in [5, 5.41) is 19.9. The molecule has 0 bridgehead atoms. The van der Waals surface area contributed by atoms with Crippen LogP contribution in [0.1, 0.15) is 24.0 Å². The van der Waals surface area contributed by atoms with E-state index in [1.54, 1.807) is 12.1 Å². The quantitative estimate of drug-likeness (QED) is 0.620. The number of nitrogens with two attached hydrogens (primary N) is 1. The third kappa shape index (κ3) is 1.29. The van der Waals surface area contributed by atoms with Crippen LogP contribution in [-0.2, 0) is 12.0 Å². The van der Waals surface area contributed by atoms with Gasteiger partial charge in [-0.1, -0.05) is 12.1 Å². The molecule has 1 aromatic rings. The van der Waals surface area contributed by atoms with E-state index in [4.69, 9.17) is 5.73 Å². The van der Waals surface area contributed by atoms with Gasteiger partial charge in [-0.15, -0.1) is 0 Å². The highest BCUT2D eigenvalue weighted by Crippen LogP contribution is 2.38. The van der Waals surface area contributed by atoms with Crippen molar-refractivity contribution in [1.82, 2.24) is 0 Å². The number of phenolic OH excluding ortho intramolecular Hbond substituents is 1. The molecule has 0 saturated heterocycles. The Labute approximate surface area is 83.2 Å².